The van der Waals surface area contributed by atoms with Gasteiger partial charge < -0.3 is 0 Å². The fourth-order valence-electron chi connectivity index (χ4n) is 0.811. The predicted molar refractivity (Wildman–Crippen MR) is 55.1 cm³/mol. The largest absolute Gasteiger partial charge is 0.192 e. The molecule has 0 saturated carbocycles. The summed E-state index contributed by atoms with van der Waals surface area (Å²) in [6.07, 6.45) is 0. The van der Waals surface area contributed by atoms with Crippen LogP contribution in [0, 0.1) is 23.2 Å². The normalized spacial score (nSPS) is 6.92. The molecule has 13 heavy (non-hydrogen) atoms. The summed E-state index contributed by atoms with van der Waals surface area (Å²) in [6, 6.07) is 9.31. The van der Waals surface area contributed by atoms with Crippen molar-refractivity contribution in [3.8, 4) is 17.9 Å². The van der Waals surface area contributed by atoms with Crippen LogP contribution in [0.4, 0.5) is 0 Å². The van der Waals surface area contributed by atoms with Crippen molar-refractivity contribution in [3.05, 3.63) is 35.4 Å². The fourth-order valence-corrected chi connectivity index (χ4v) is 0.811. The second-order valence-electron chi connectivity index (χ2n) is 2.07. The Kier molecular flexibility index (Phi) is 6.02. The standard InChI is InChI=1S/C10H7N.C2H6/c1-2-4-9-5-3-6-10(7-9)8-11;1-2/h3,5-7H,1H3;1-2H3. The minimum absolute atomic E-state index is 0.658. The number of hydrogen-bond acceptors (Lipinski definition) is 1. The third kappa shape index (κ3) is 3.99. The molecule has 0 aliphatic rings. The zero-order chi connectivity index (χ0) is 10.1. The van der Waals surface area contributed by atoms with E-state index in [1.54, 1.807) is 19.1 Å². The van der Waals surface area contributed by atoms with E-state index >= 15 is 0 Å². The molecule has 0 atom stereocenters. The van der Waals surface area contributed by atoms with Crippen LogP contribution < -0.4 is 0 Å². The molecule has 0 aromatic heterocycles. The molecule has 1 heteroatoms. The minimum Gasteiger partial charge on any atom is -0.192 e. The lowest BCUT2D eigenvalue weighted by molar-refractivity contribution is 1.48. The van der Waals surface area contributed by atoms with Gasteiger partial charge in [0.15, 0.2) is 0 Å². The highest BCUT2D eigenvalue weighted by Gasteiger charge is 1.88. The number of hydrogen-bond donors (Lipinski definition) is 0. The van der Waals surface area contributed by atoms with Crippen LogP contribution in [0.5, 0.6) is 0 Å². The van der Waals surface area contributed by atoms with Crippen molar-refractivity contribution >= 4 is 0 Å². The van der Waals surface area contributed by atoms with Gasteiger partial charge in [-0.2, -0.15) is 5.26 Å². The van der Waals surface area contributed by atoms with Gasteiger partial charge in [-0.15, -0.1) is 5.92 Å². The van der Waals surface area contributed by atoms with Gasteiger partial charge in [-0.1, -0.05) is 25.8 Å². The molecule has 66 valence electrons. The number of nitrogens with zero attached hydrogens (tertiary/aromatic N) is 1. The highest BCUT2D eigenvalue weighted by Crippen LogP contribution is 2.01. The van der Waals surface area contributed by atoms with Crippen LogP contribution in [0.2, 0.25) is 0 Å². The first-order valence-corrected chi connectivity index (χ1v) is 4.29. The summed E-state index contributed by atoms with van der Waals surface area (Å²) in [5.74, 6) is 5.66. The molecule has 0 aliphatic heterocycles. The van der Waals surface area contributed by atoms with Gasteiger partial charge in [-0.05, 0) is 25.1 Å². The highest BCUT2D eigenvalue weighted by molar-refractivity contribution is 5.41. The van der Waals surface area contributed by atoms with Crippen molar-refractivity contribution in [3.63, 3.8) is 0 Å². The van der Waals surface area contributed by atoms with Crippen LogP contribution in [0.25, 0.3) is 0 Å². The quantitative estimate of drug-likeness (QED) is 0.550. The van der Waals surface area contributed by atoms with Gasteiger partial charge in [-0.25, -0.2) is 0 Å². The van der Waals surface area contributed by atoms with E-state index in [4.69, 9.17) is 5.26 Å². The molecular weight excluding hydrogens is 158 g/mol. The number of benzene rings is 1. The average molecular weight is 171 g/mol. The summed E-state index contributed by atoms with van der Waals surface area (Å²) in [5.41, 5.74) is 1.55. The SMILES string of the molecule is CC.CC#Cc1cccc(C#N)c1. The molecule has 0 bridgehead atoms. The lowest BCUT2D eigenvalue weighted by Gasteiger charge is -1.88. The van der Waals surface area contributed by atoms with Gasteiger partial charge in [0.1, 0.15) is 0 Å². The molecule has 0 unspecified atom stereocenters. The van der Waals surface area contributed by atoms with E-state index < -0.39 is 0 Å². The lowest BCUT2D eigenvalue weighted by atomic mass is 10.1. The molecular formula is C12H13N. The summed E-state index contributed by atoms with van der Waals surface area (Å²) < 4.78 is 0. The van der Waals surface area contributed by atoms with E-state index in [1.165, 1.54) is 0 Å². The van der Waals surface area contributed by atoms with Gasteiger partial charge in [0.05, 0.1) is 11.6 Å². The fraction of sp³-hybridized carbons (Fsp3) is 0.250. The van der Waals surface area contributed by atoms with Gasteiger partial charge in [0, 0.05) is 5.56 Å². The van der Waals surface area contributed by atoms with E-state index in [0.29, 0.717) is 5.56 Å². The first-order chi connectivity index (χ1) is 6.36. The van der Waals surface area contributed by atoms with E-state index in [1.807, 2.05) is 26.0 Å². The number of rotatable bonds is 0. The van der Waals surface area contributed by atoms with Crippen LogP contribution in [0.3, 0.4) is 0 Å². The van der Waals surface area contributed by atoms with E-state index in [-0.39, 0.29) is 0 Å². The third-order valence-electron chi connectivity index (χ3n) is 1.26. The molecule has 0 aliphatic carbocycles. The summed E-state index contributed by atoms with van der Waals surface area (Å²) in [4.78, 5) is 0. The van der Waals surface area contributed by atoms with Crippen molar-refractivity contribution in [2.24, 2.45) is 0 Å². The first-order valence-electron chi connectivity index (χ1n) is 4.29. The Morgan fingerprint density at radius 1 is 1.15 bits per heavy atom. The highest BCUT2D eigenvalue weighted by atomic mass is 14.2. The predicted octanol–water partition coefficient (Wildman–Crippen LogP) is 2.96. The second kappa shape index (κ2) is 6.95. The summed E-state index contributed by atoms with van der Waals surface area (Å²) in [6.45, 7) is 5.78. The lowest BCUT2D eigenvalue weighted by Crippen LogP contribution is -1.76. The van der Waals surface area contributed by atoms with Crippen LogP contribution >= 0.6 is 0 Å². The zero-order valence-corrected chi connectivity index (χ0v) is 8.26. The average Bonchev–Trinajstić information content (AvgIpc) is 2.22. The Labute approximate surface area is 80.0 Å². The molecule has 1 nitrogen and oxygen atoms in total. The van der Waals surface area contributed by atoms with Gasteiger partial charge >= 0.3 is 0 Å². The van der Waals surface area contributed by atoms with Gasteiger partial charge in [0.2, 0.25) is 0 Å². The molecule has 1 rings (SSSR count). The monoisotopic (exact) mass is 171 g/mol. The van der Waals surface area contributed by atoms with Crippen molar-refractivity contribution < 1.29 is 0 Å². The van der Waals surface area contributed by atoms with Crippen LogP contribution in [0.15, 0.2) is 24.3 Å². The maximum absolute atomic E-state index is 8.53. The van der Waals surface area contributed by atoms with Crippen molar-refractivity contribution in [2.75, 3.05) is 0 Å². The molecule has 0 fully saturated rings. The van der Waals surface area contributed by atoms with Crippen molar-refractivity contribution in [1.29, 1.82) is 5.26 Å². The molecule has 0 radical (unpaired) electrons. The van der Waals surface area contributed by atoms with Crippen molar-refractivity contribution in [2.45, 2.75) is 20.8 Å². The third-order valence-corrected chi connectivity index (χ3v) is 1.26. The Balaban J connectivity index is 0.000000671. The topological polar surface area (TPSA) is 23.8 Å². The van der Waals surface area contributed by atoms with Crippen LogP contribution in [0.1, 0.15) is 31.9 Å². The maximum atomic E-state index is 8.53. The number of nitriles is 1. The second-order valence-corrected chi connectivity index (χ2v) is 2.07. The molecule has 0 heterocycles. The Morgan fingerprint density at radius 3 is 2.31 bits per heavy atom. The Bertz CT molecular complexity index is 347. The summed E-state index contributed by atoms with van der Waals surface area (Å²) in [7, 11) is 0. The van der Waals surface area contributed by atoms with Crippen LogP contribution in [-0.2, 0) is 0 Å². The Morgan fingerprint density at radius 2 is 1.77 bits per heavy atom. The van der Waals surface area contributed by atoms with Gasteiger partial charge in [-0.3, -0.25) is 0 Å². The maximum Gasteiger partial charge on any atom is 0.0992 e. The van der Waals surface area contributed by atoms with Gasteiger partial charge in [0.25, 0.3) is 0 Å². The zero-order valence-electron chi connectivity index (χ0n) is 8.26. The van der Waals surface area contributed by atoms with E-state index in [2.05, 4.69) is 17.9 Å². The summed E-state index contributed by atoms with van der Waals surface area (Å²) >= 11 is 0. The molecule has 1 aromatic rings. The van der Waals surface area contributed by atoms with Crippen molar-refractivity contribution in [1.82, 2.24) is 0 Å². The molecule has 0 spiro atoms. The van der Waals surface area contributed by atoms with E-state index in [0.717, 1.165) is 5.56 Å². The molecule has 0 amide bonds. The van der Waals surface area contributed by atoms with Crippen LogP contribution in [-0.4, -0.2) is 0 Å². The first kappa shape index (κ1) is 11.3. The van der Waals surface area contributed by atoms with E-state index in [9.17, 15) is 0 Å². The molecule has 0 N–H and O–H groups in total. The molecule has 1 aromatic carbocycles. The molecule has 0 saturated heterocycles. The Hall–Kier alpha value is -1.73. The minimum atomic E-state index is 0.658. The summed E-state index contributed by atoms with van der Waals surface area (Å²) in [5, 5.41) is 8.53. The smallest absolute Gasteiger partial charge is 0.0992 e.